The summed E-state index contributed by atoms with van der Waals surface area (Å²) in [7, 11) is 1.37. The van der Waals surface area contributed by atoms with Crippen LogP contribution in [0.3, 0.4) is 0 Å². The molecule has 2 aromatic rings. The summed E-state index contributed by atoms with van der Waals surface area (Å²) in [5.74, 6) is -0.412. The highest BCUT2D eigenvalue weighted by molar-refractivity contribution is 7.89. The monoisotopic (exact) mass is 464 g/mol. The lowest BCUT2D eigenvalue weighted by Gasteiger charge is -2.32. The van der Waals surface area contributed by atoms with Crippen LogP contribution in [0.25, 0.3) is 0 Å². The molecule has 0 atom stereocenters. The number of nitrogens with one attached hydrogen (secondary N) is 1. The molecule has 168 valence electrons. The number of halogens is 1. The number of carbonyl (C=O) groups excluding carboxylic acids is 1. The molecular weight excluding hydrogens is 436 g/mol. The fourth-order valence-electron chi connectivity index (χ4n) is 3.43. The van der Waals surface area contributed by atoms with Crippen molar-refractivity contribution < 1.29 is 13.2 Å². The van der Waals surface area contributed by atoms with Gasteiger partial charge in [0.1, 0.15) is 0 Å². The molecule has 1 heterocycles. The Bertz CT molecular complexity index is 1030. The van der Waals surface area contributed by atoms with E-state index >= 15 is 0 Å². The lowest BCUT2D eigenvalue weighted by atomic mass is 10.1. The van der Waals surface area contributed by atoms with E-state index in [0.717, 1.165) is 42.6 Å². The third-order valence-electron chi connectivity index (χ3n) is 5.41. The molecule has 1 saturated heterocycles. The summed E-state index contributed by atoms with van der Waals surface area (Å²) in [4.78, 5) is 17.5. The van der Waals surface area contributed by atoms with Crippen LogP contribution in [0.1, 0.15) is 21.5 Å². The Morgan fingerprint density at radius 3 is 2.42 bits per heavy atom. The number of amides is 1. The highest BCUT2D eigenvalue weighted by Gasteiger charge is 2.21. The molecule has 7 nitrogen and oxygen atoms in total. The van der Waals surface area contributed by atoms with Gasteiger partial charge in [-0.1, -0.05) is 35.9 Å². The number of nitrogens with zero attached hydrogens (tertiary/aromatic N) is 3. The van der Waals surface area contributed by atoms with Crippen molar-refractivity contribution in [3.8, 4) is 0 Å². The summed E-state index contributed by atoms with van der Waals surface area (Å²) >= 11 is 6.17. The van der Waals surface area contributed by atoms with Gasteiger partial charge in [0, 0.05) is 53.4 Å². The average Bonchev–Trinajstić information content (AvgIpc) is 2.74. The average molecular weight is 465 g/mol. The van der Waals surface area contributed by atoms with Gasteiger partial charge in [-0.25, -0.2) is 12.7 Å². The Hall–Kier alpha value is -1.97. The van der Waals surface area contributed by atoms with Gasteiger partial charge in [-0.15, -0.1) is 0 Å². The summed E-state index contributed by atoms with van der Waals surface area (Å²) in [5, 5.41) is 3.06. The van der Waals surface area contributed by atoms with Gasteiger partial charge in [-0.2, -0.15) is 0 Å². The van der Waals surface area contributed by atoms with Gasteiger partial charge in [0.05, 0.1) is 15.5 Å². The van der Waals surface area contributed by atoms with Crippen LogP contribution in [0.4, 0.5) is 0 Å². The molecule has 1 aliphatic rings. The Kier molecular flexibility index (Phi) is 7.72. The van der Waals surface area contributed by atoms with E-state index < -0.39 is 15.9 Å². The fourth-order valence-corrected chi connectivity index (χ4v) is 4.56. The molecule has 9 heteroatoms. The topological polar surface area (TPSA) is 73.0 Å². The van der Waals surface area contributed by atoms with Crippen LogP contribution in [0.15, 0.2) is 47.4 Å². The second-order valence-corrected chi connectivity index (χ2v) is 10.6. The van der Waals surface area contributed by atoms with Crippen LogP contribution in [0, 0.1) is 0 Å². The highest BCUT2D eigenvalue weighted by Crippen LogP contribution is 2.22. The molecule has 1 N–H and O–H groups in total. The molecule has 0 aliphatic carbocycles. The number of piperazine rings is 1. The molecule has 1 fully saturated rings. The number of benzene rings is 2. The van der Waals surface area contributed by atoms with E-state index in [9.17, 15) is 13.2 Å². The van der Waals surface area contributed by atoms with E-state index in [2.05, 4.69) is 34.3 Å². The molecule has 0 unspecified atom stereocenters. The first-order chi connectivity index (χ1) is 14.7. The van der Waals surface area contributed by atoms with Gasteiger partial charge in [0.15, 0.2) is 0 Å². The van der Waals surface area contributed by atoms with Crippen LogP contribution < -0.4 is 5.32 Å². The second kappa shape index (κ2) is 10.1. The van der Waals surface area contributed by atoms with E-state index in [0.29, 0.717) is 6.54 Å². The Morgan fingerprint density at radius 2 is 1.74 bits per heavy atom. The zero-order valence-corrected chi connectivity index (χ0v) is 19.7. The number of hydrogen-bond donors (Lipinski definition) is 1. The number of likely N-dealkylation sites (N-methyl/N-ethyl adjacent to an activating group) is 1. The molecule has 31 heavy (non-hydrogen) atoms. The van der Waals surface area contributed by atoms with Gasteiger partial charge >= 0.3 is 0 Å². The Balaban J connectivity index is 1.66. The normalized spacial score (nSPS) is 15.9. The van der Waals surface area contributed by atoms with Crippen molar-refractivity contribution in [1.29, 1.82) is 0 Å². The number of hydrogen-bond acceptors (Lipinski definition) is 5. The van der Waals surface area contributed by atoms with E-state index in [1.165, 1.54) is 37.9 Å². The van der Waals surface area contributed by atoms with Crippen LogP contribution in [-0.2, 0) is 23.1 Å². The zero-order valence-electron chi connectivity index (χ0n) is 18.1. The fraction of sp³-hybridized carbons (Fsp3) is 0.409. The molecule has 1 amide bonds. The lowest BCUT2D eigenvalue weighted by molar-refractivity contribution is 0.0951. The summed E-state index contributed by atoms with van der Waals surface area (Å²) < 4.78 is 25.8. The van der Waals surface area contributed by atoms with Crippen molar-refractivity contribution in [1.82, 2.24) is 19.4 Å². The van der Waals surface area contributed by atoms with E-state index in [1.807, 2.05) is 12.1 Å². The van der Waals surface area contributed by atoms with Crippen molar-refractivity contribution in [3.05, 3.63) is 64.2 Å². The minimum Gasteiger partial charge on any atom is -0.348 e. The summed E-state index contributed by atoms with van der Waals surface area (Å²) in [6.45, 7) is 5.44. The smallest absolute Gasteiger partial charge is 0.253 e. The first kappa shape index (κ1) is 23.7. The quantitative estimate of drug-likeness (QED) is 0.680. The van der Waals surface area contributed by atoms with Gasteiger partial charge in [-0.3, -0.25) is 9.69 Å². The molecule has 1 aliphatic heterocycles. The third-order valence-corrected chi connectivity index (χ3v) is 7.55. The van der Waals surface area contributed by atoms with E-state index in [-0.39, 0.29) is 15.5 Å². The summed E-state index contributed by atoms with van der Waals surface area (Å²) in [6, 6.07) is 12.3. The number of rotatable bonds is 7. The first-order valence-electron chi connectivity index (χ1n) is 10.2. The van der Waals surface area contributed by atoms with Gasteiger partial charge < -0.3 is 10.2 Å². The minimum atomic E-state index is -3.65. The van der Waals surface area contributed by atoms with Crippen LogP contribution >= 0.6 is 11.6 Å². The summed E-state index contributed by atoms with van der Waals surface area (Å²) in [6.07, 6.45) is 0. The van der Waals surface area contributed by atoms with Crippen molar-refractivity contribution in [3.63, 3.8) is 0 Å². The maximum absolute atomic E-state index is 12.7. The number of carbonyl (C=O) groups is 1. The maximum atomic E-state index is 12.7. The zero-order chi connectivity index (χ0) is 22.6. The van der Waals surface area contributed by atoms with E-state index in [1.54, 1.807) is 0 Å². The molecule has 3 rings (SSSR count). The van der Waals surface area contributed by atoms with Gasteiger partial charge in [0.25, 0.3) is 5.91 Å². The largest absolute Gasteiger partial charge is 0.348 e. The molecular formula is C22H29ClN4O3S. The van der Waals surface area contributed by atoms with Gasteiger partial charge in [0.2, 0.25) is 10.0 Å². The van der Waals surface area contributed by atoms with E-state index in [4.69, 9.17) is 11.6 Å². The van der Waals surface area contributed by atoms with Crippen molar-refractivity contribution in [2.45, 2.75) is 18.0 Å². The van der Waals surface area contributed by atoms with Crippen LogP contribution in [0.2, 0.25) is 5.02 Å². The number of sulfonamides is 1. The molecule has 0 aromatic heterocycles. The van der Waals surface area contributed by atoms with Crippen LogP contribution in [-0.4, -0.2) is 75.8 Å². The molecule has 0 radical (unpaired) electrons. The molecule has 2 aromatic carbocycles. The predicted molar refractivity (Wildman–Crippen MR) is 123 cm³/mol. The second-order valence-electron chi connectivity index (χ2n) is 8.01. The standard InChI is InChI=1S/C22H29ClN4O3S/c1-25(2)31(29,30)19-7-8-21(23)20(14-19)22(28)24-15-17-5-4-6-18(13-17)16-27-11-9-26(3)10-12-27/h4-8,13-14H,9-12,15-16H2,1-3H3,(H,24,28). The molecule has 0 spiro atoms. The first-order valence-corrected chi connectivity index (χ1v) is 12.0. The van der Waals surface area contributed by atoms with Crippen molar-refractivity contribution in [2.75, 3.05) is 47.3 Å². The van der Waals surface area contributed by atoms with Crippen LogP contribution in [0.5, 0.6) is 0 Å². The SMILES string of the molecule is CN1CCN(Cc2cccc(CNC(=O)c3cc(S(=O)(=O)N(C)C)ccc3Cl)c2)CC1. The minimum absolute atomic E-state index is 0.0289. The van der Waals surface area contributed by atoms with Crippen molar-refractivity contribution >= 4 is 27.5 Å². The summed E-state index contributed by atoms with van der Waals surface area (Å²) in [5.41, 5.74) is 2.32. The molecule has 0 bridgehead atoms. The maximum Gasteiger partial charge on any atom is 0.253 e. The predicted octanol–water partition coefficient (Wildman–Crippen LogP) is 2.27. The Morgan fingerprint density at radius 1 is 1.06 bits per heavy atom. The highest BCUT2D eigenvalue weighted by atomic mass is 35.5. The molecule has 0 saturated carbocycles. The third kappa shape index (κ3) is 6.05. The van der Waals surface area contributed by atoms with Crippen molar-refractivity contribution in [2.24, 2.45) is 0 Å². The Labute approximate surface area is 189 Å². The van der Waals surface area contributed by atoms with Gasteiger partial charge in [-0.05, 0) is 36.4 Å². The lowest BCUT2D eigenvalue weighted by Crippen LogP contribution is -2.43.